The van der Waals surface area contributed by atoms with Crippen LogP contribution < -0.4 is 0 Å². The second-order valence-corrected chi connectivity index (χ2v) is 7.51. The first-order valence-electron chi connectivity index (χ1n) is 10.9. The van der Waals surface area contributed by atoms with Gasteiger partial charge in [-0.05, 0) is 0 Å². The summed E-state index contributed by atoms with van der Waals surface area (Å²) in [6.07, 6.45) is -0.151. The second-order valence-electron chi connectivity index (χ2n) is 7.51. The number of benzene rings is 4. The van der Waals surface area contributed by atoms with Gasteiger partial charge in [0.1, 0.15) is 0 Å². The summed E-state index contributed by atoms with van der Waals surface area (Å²) >= 11 is 0. The van der Waals surface area contributed by atoms with Crippen LogP contribution in [0, 0.1) is 0 Å². The van der Waals surface area contributed by atoms with Crippen molar-refractivity contribution in [2.45, 2.75) is 12.8 Å². The minimum atomic E-state index is -0.139. The molecule has 4 radical (unpaired) electrons. The molecule has 0 heterocycles. The zero-order valence-electron chi connectivity index (χ0n) is 19.1. The molecule has 0 unspecified atom stereocenters. The molecular formula is C30H24O4Sn. The van der Waals surface area contributed by atoms with Crippen molar-refractivity contribution in [3.63, 3.8) is 0 Å². The fourth-order valence-corrected chi connectivity index (χ4v) is 3.20. The van der Waals surface area contributed by atoms with Crippen LogP contribution in [-0.2, 0) is 0 Å². The van der Waals surface area contributed by atoms with E-state index < -0.39 is 0 Å². The third-order valence-electron chi connectivity index (χ3n) is 5.03. The van der Waals surface area contributed by atoms with Gasteiger partial charge in [0.2, 0.25) is 0 Å². The predicted octanol–water partition coefficient (Wildman–Crippen LogP) is 5.90. The van der Waals surface area contributed by atoms with Crippen molar-refractivity contribution in [1.82, 2.24) is 0 Å². The van der Waals surface area contributed by atoms with Crippen molar-refractivity contribution < 1.29 is 19.2 Å². The van der Waals surface area contributed by atoms with E-state index in [2.05, 4.69) is 0 Å². The van der Waals surface area contributed by atoms with Crippen LogP contribution in [0.25, 0.3) is 0 Å². The Bertz CT molecular complexity index is 1040. The molecule has 172 valence electrons. The number of carbonyl (C=O) groups excluding carboxylic acids is 4. The van der Waals surface area contributed by atoms with Crippen molar-refractivity contribution in [2.24, 2.45) is 0 Å². The van der Waals surface area contributed by atoms with Gasteiger partial charge in [-0.1, -0.05) is 121 Å². The minimum Gasteiger partial charge on any atom is -0.294 e. The molecule has 0 fully saturated rings. The van der Waals surface area contributed by atoms with Gasteiger partial charge in [0.15, 0.2) is 23.1 Å². The Morgan fingerprint density at radius 2 is 0.514 bits per heavy atom. The third-order valence-corrected chi connectivity index (χ3v) is 5.03. The molecule has 0 saturated carbocycles. The van der Waals surface area contributed by atoms with Crippen LogP contribution in [0.4, 0.5) is 0 Å². The van der Waals surface area contributed by atoms with Crippen LogP contribution in [0.2, 0.25) is 0 Å². The van der Waals surface area contributed by atoms with E-state index in [0.29, 0.717) is 22.3 Å². The number of carbonyl (C=O) groups is 4. The van der Waals surface area contributed by atoms with E-state index in [1.807, 2.05) is 24.3 Å². The van der Waals surface area contributed by atoms with Crippen LogP contribution in [0.5, 0.6) is 0 Å². The molecule has 4 aromatic carbocycles. The Balaban J connectivity index is 0.000000240. The second kappa shape index (κ2) is 14.6. The maximum Gasteiger partial charge on any atom is 0.170 e. The van der Waals surface area contributed by atoms with Gasteiger partial charge in [0.05, 0.1) is 12.8 Å². The van der Waals surface area contributed by atoms with Crippen molar-refractivity contribution >= 4 is 47.0 Å². The summed E-state index contributed by atoms with van der Waals surface area (Å²) in [5.41, 5.74) is 2.32. The molecule has 0 N–H and O–H groups in total. The van der Waals surface area contributed by atoms with Crippen LogP contribution in [0.1, 0.15) is 54.3 Å². The van der Waals surface area contributed by atoms with Crippen molar-refractivity contribution in [1.29, 1.82) is 0 Å². The molecule has 35 heavy (non-hydrogen) atoms. The number of hydrogen-bond donors (Lipinski definition) is 0. The first kappa shape index (κ1) is 27.6. The SMILES string of the molecule is O=C(CC(=O)c1ccccc1)c1ccccc1.O=C(CC(=O)c1ccccc1)c1ccccc1.[Sn]. The first-order valence-corrected chi connectivity index (χ1v) is 10.9. The molecule has 0 aliphatic carbocycles. The summed E-state index contributed by atoms with van der Waals surface area (Å²) < 4.78 is 0. The van der Waals surface area contributed by atoms with E-state index >= 15 is 0 Å². The number of hydrogen-bond acceptors (Lipinski definition) is 4. The molecule has 0 spiro atoms. The molecule has 0 aliphatic rings. The van der Waals surface area contributed by atoms with E-state index in [1.165, 1.54) is 0 Å². The van der Waals surface area contributed by atoms with Crippen LogP contribution in [-0.4, -0.2) is 47.0 Å². The molecule has 0 aliphatic heterocycles. The van der Waals surface area contributed by atoms with Crippen molar-refractivity contribution in [2.75, 3.05) is 0 Å². The van der Waals surface area contributed by atoms with E-state index in [1.54, 1.807) is 97.1 Å². The molecule has 4 nitrogen and oxygen atoms in total. The van der Waals surface area contributed by atoms with E-state index in [0.717, 1.165) is 0 Å². The van der Waals surface area contributed by atoms with Gasteiger partial charge in [-0.15, -0.1) is 0 Å². The van der Waals surface area contributed by atoms with E-state index in [-0.39, 0.29) is 59.9 Å². The fraction of sp³-hybridized carbons (Fsp3) is 0.0667. The Morgan fingerprint density at radius 3 is 0.686 bits per heavy atom. The van der Waals surface area contributed by atoms with E-state index in [4.69, 9.17) is 0 Å². The molecule has 4 rings (SSSR count). The Kier molecular flexibility index (Phi) is 11.5. The van der Waals surface area contributed by atoms with Crippen LogP contribution >= 0.6 is 0 Å². The average Bonchev–Trinajstić information content (AvgIpc) is 2.91. The zero-order chi connectivity index (χ0) is 24.2. The van der Waals surface area contributed by atoms with Gasteiger partial charge in [-0.3, -0.25) is 19.2 Å². The molecule has 0 aromatic heterocycles. The first-order chi connectivity index (χ1) is 16.5. The summed E-state index contributed by atoms with van der Waals surface area (Å²) in [6.45, 7) is 0. The van der Waals surface area contributed by atoms with E-state index in [9.17, 15) is 19.2 Å². The molecular weight excluding hydrogens is 543 g/mol. The van der Waals surface area contributed by atoms with Crippen molar-refractivity contribution in [3.05, 3.63) is 144 Å². The molecule has 4 aromatic rings. The predicted molar refractivity (Wildman–Crippen MR) is 138 cm³/mol. The largest absolute Gasteiger partial charge is 0.294 e. The third kappa shape index (κ3) is 8.91. The maximum atomic E-state index is 11.8. The average molecular weight is 567 g/mol. The van der Waals surface area contributed by atoms with Gasteiger partial charge < -0.3 is 0 Å². The van der Waals surface area contributed by atoms with Gasteiger partial charge in [-0.2, -0.15) is 0 Å². The Morgan fingerprint density at radius 1 is 0.343 bits per heavy atom. The zero-order valence-corrected chi connectivity index (χ0v) is 21.9. The number of rotatable bonds is 8. The summed E-state index contributed by atoms with van der Waals surface area (Å²) in [5.74, 6) is -0.558. The normalized spacial score (nSPS) is 9.60. The molecule has 0 amide bonds. The summed E-state index contributed by atoms with van der Waals surface area (Å²) in [7, 11) is 0. The smallest absolute Gasteiger partial charge is 0.170 e. The molecule has 0 bridgehead atoms. The molecule has 0 atom stereocenters. The topological polar surface area (TPSA) is 68.3 Å². The van der Waals surface area contributed by atoms with Gasteiger partial charge in [0, 0.05) is 46.2 Å². The molecule has 0 saturated heterocycles. The summed E-state index contributed by atoms with van der Waals surface area (Å²) in [5, 5.41) is 0. The van der Waals surface area contributed by atoms with Gasteiger partial charge >= 0.3 is 0 Å². The summed E-state index contributed by atoms with van der Waals surface area (Å²) in [6, 6.07) is 35.5. The van der Waals surface area contributed by atoms with Crippen molar-refractivity contribution in [3.8, 4) is 0 Å². The Hall–Kier alpha value is -3.64. The maximum absolute atomic E-state index is 11.8. The van der Waals surface area contributed by atoms with Gasteiger partial charge in [-0.25, -0.2) is 0 Å². The molecule has 5 heteroatoms. The van der Waals surface area contributed by atoms with Crippen LogP contribution in [0.15, 0.2) is 121 Å². The fourth-order valence-electron chi connectivity index (χ4n) is 3.20. The minimum absolute atomic E-state index is 0. The standard InChI is InChI=1S/2C15H12O2.Sn/c2*16-14(12-7-3-1-4-8-12)11-15(17)13-9-5-2-6-10-13;/h2*1-10H,11H2;. The monoisotopic (exact) mass is 568 g/mol. The number of ketones is 4. The Labute approximate surface area is 222 Å². The quantitative estimate of drug-likeness (QED) is 0.151. The van der Waals surface area contributed by atoms with Crippen LogP contribution in [0.3, 0.4) is 0 Å². The summed E-state index contributed by atoms with van der Waals surface area (Å²) in [4.78, 5) is 47.2. The van der Waals surface area contributed by atoms with Gasteiger partial charge in [0.25, 0.3) is 0 Å². The number of Topliss-reactive ketones (excluding diaryl/α,β-unsaturated/α-hetero) is 4.